The molecule has 5 heteroatoms. The monoisotopic (exact) mass is 381 g/mol. The predicted molar refractivity (Wildman–Crippen MR) is 109 cm³/mol. The molecule has 2 amide bonds. The summed E-state index contributed by atoms with van der Waals surface area (Å²) in [6, 6.07) is 13.7. The van der Waals surface area contributed by atoms with Crippen LogP contribution in [-0.2, 0) is 16.1 Å². The lowest BCUT2D eigenvalue weighted by Gasteiger charge is -2.16. The van der Waals surface area contributed by atoms with Gasteiger partial charge in [-0.1, -0.05) is 53.6 Å². The normalized spacial score (nSPS) is 14.4. The minimum atomic E-state index is -0.283. The highest BCUT2D eigenvalue weighted by atomic mass is 32.2. The Bertz CT molecular complexity index is 916. The topological polar surface area (TPSA) is 57.6 Å². The van der Waals surface area contributed by atoms with Crippen LogP contribution >= 0.6 is 11.8 Å². The van der Waals surface area contributed by atoms with Crippen LogP contribution in [0.15, 0.2) is 47.4 Å². The van der Waals surface area contributed by atoms with Crippen LogP contribution in [0.25, 0.3) is 5.57 Å². The zero-order chi connectivity index (χ0) is 19.6. The van der Waals surface area contributed by atoms with Crippen molar-refractivity contribution in [3.05, 3.63) is 75.2 Å². The third-order valence-corrected chi connectivity index (χ3v) is 5.63. The summed E-state index contributed by atoms with van der Waals surface area (Å²) >= 11 is 1.25. The van der Waals surface area contributed by atoms with E-state index in [1.165, 1.54) is 16.7 Å². The molecule has 0 aromatic heterocycles. The van der Waals surface area contributed by atoms with Gasteiger partial charge in [-0.25, -0.2) is 0 Å². The van der Waals surface area contributed by atoms with Crippen molar-refractivity contribution in [2.75, 3.05) is 12.4 Å². The molecule has 1 N–H and O–H groups in total. The van der Waals surface area contributed by atoms with E-state index in [0.29, 0.717) is 16.2 Å². The highest BCUT2D eigenvalue weighted by Gasteiger charge is 2.39. The van der Waals surface area contributed by atoms with E-state index < -0.39 is 0 Å². The van der Waals surface area contributed by atoms with Gasteiger partial charge in [-0.15, -0.1) is 11.8 Å². The summed E-state index contributed by atoms with van der Waals surface area (Å²) in [4.78, 5) is 27.9. The Morgan fingerprint density at radius 3 is 2.22 bits per heavy atom. The number of benzene rings is 2. The van der Waals surface area contributed by atoms with Crippen LogP contribution in [0.2, 0.25) is 0 Å². The first-order valence-corrected chi connectivity index (χ1v) is 9.88. The first kappa shape index (κ1) is 19.4. The molecule has 0 unspecified atom stereocenters. The standard InChI is InChI=1S/C22H23NO3S/c1-14-4-7-17(8-5-14)13-23-21(25)19(20(22(23)26)27-11-10-24)18-9-6-15(2)12-16(18)3/h4-9,12,24H,10-11,13H2,1-3H3. The number of carbonyl (C=O) groups excluding carboxylic acids is 2. The quantitative estimate of drug-likeness (QED) is 0.777. The zero-order valence-corrected chi connectivity index (χ0v) is 16.6. The number of aliphatic hydroxyl groups is 1. The van der Waals surface area contributed by atoms with Crippen molar-refractivity contribution in [3.63, 3.8) is 0 Å². The number of imide groups is 1. The second-order valence-corrected chi connectivity index (χ2v) is 7.88. The summed E-state index contributed by atoms with van der Waals surface area (Å²) < 4.78 is 0. The van der Waals surface area contributed by atoms with Gasteiger partial charge >= 0.3 is 0 Å². The molecule has 0 aliphatic carbocycles. The SMILES string of the molecule is Cc1ccc(CN2C(=O)C(SCCO)=C(c3ccc(C)cc3C)C2=O)cc1. The van der Waals surface area contributed by atoms with Crippen LogP contribution in [0.1, 0.15) is 27.8 Å². The number of thioether (sulfide) groups is 1. The molecule has 1 aliphatic rings. The molecule has 0 atom stereocenters. The fourth-order valence-corrected chi connectivity index (χ4v) is 4.06. The summed E-state index contributed by atoms with van der Waals surface area (Å²) in [5.74, 6) is -0.178. The molecule has 4 nitrogen and oxygen atoms in total. The molecule has 0 spiro atoms. The molecule has 1 aliphatic heterocycles. The fourth-order valence-electron chi connectivity index (χ4n) is 3.19. The van der Waals surface area contributed by atoms with Crippen LogP contribution < -0.4 is 0 Å². The number of aliphatic hydroxyl groups excluding tert-OH is 1. The van der Waals surface area contributed by atoms with E-state index in [1.54, 1.807) is 0 Å². The van der Waals surface area contributed by atoms with E-state index in [1.807, 2.05) is 63.2 Å². The maximum Gasteiger partial charge on any atom is 0.268 e. The predicted octanol–water partition coefficient (Wildman–Crippen LogP) is 3.62. The average molecular weight is 381 g/mol. The molecular formula is C22H23NO3S. The minimum absolute atomic E-state index is 0.0479. The lowest BCUT2D eigenvalue weighted by atomic mass is 9.99. The molecule has 3 rings (SSSR count). The van der Waals surface area contributed by atoms with Crippen molar-refractivity contribution in [1.82, 2.24) is 4.90 Å². The van der Waals surface area contributed by atoms with Gasteiger partial charge in [-0.3, -0.25) is 14.5 Å². The van der Waals surface area contributed by atoms with Crippen molar-refractivity contribution in [1.29, 1.82) is 0 Å². The molecule has 27 heavy (non-hydrogen) atoms. The van der Waals surface area contributed by atoms with Crippen LogP contribution in [0, 0.1) is 20.8 Å². The summed E-state index contributed by atoms with van der Waals surface area (Å²) in [5, 5.41) is 9.20. The van der Waals surface area contributed by atoms with E-state index in [9.17, 15) is 14.7 Å². The number of aryl methyl sites for hydroxylation is 3. The Labute approximate surface area is 163 Å². The summed E-state index contributed by atoms with van der Waals surface area (Å²) in [5.41, 5.74) is 5.34. The molecule has 0 bridgehead atoms. The minimum Gasteiger partial charge on any atom is -0.396 e. The van der Waals surface area contributed by atoms with Gasteiger partial charge in [-0.05, 0) is 37.5 Å². The number of hydrogen-bond acceptors (Lipinski definition) is 4. The van der Waals surface area contributed by atoms with Gasteiger partial charge in [0.15, 0.2) is 0 Å². The Morgan fingerprint density at radius 2 is 1.59 bits per heavy atom. The highest BCUT2D eigenvalue weighted by molar-refractivity contribution is 8.04. The summed E-state index contributed by atoms with van der Waals surface area (Å²) in [6.45, 7) is 6.14. The van der Waals surface area contributed by atoms with Gasteiger partial charge in [0, 0.05) is 5.75 Å². The average Bonchev–Trinajstić information content (AvgIpc) is 2.86. The third-order valence-electron chi connectivity index (χ3n) is 4.58. The van der Waals surface area contributed by atoms with Crippen LogP contribution in [0.3, 0.4) is 0 Å². The van der Waals surface area contributed by atoms with Crippen molar-refractivity contribution >= 4 is 29.1 Å². The molecule has 2 aromatic rings. The number of rotatable bonds is 6. The van der Waals surface area contributed by atoms with Crippen LogP contribution in [0.5, 0.6) is 0 Å². The smallest absolute Gasteiger partial charge is 0.268 e. The Kier molecular flexibility index (Phi) is 5.82. The second-order valence-electron chi connectivity index (χ2n) is 6.78. The van der Waals surface area contributed by atoms with Gasteiger partial charge in [0.05, 0.1) is 23.6 Å². The van der Waals surface area contributed by atoms with Crippen molar-refractivity contribution < 1.29 is 14.7 Å². The number of carbonyl (C=O) groups is 2. The molecule has 0 fully saturated rings. The molecule has 2 aromatic carbocycles. The van der Waals surface area contributed by atoms with Gasteiger partial charge in [0.1, 0.15) is 0 Å². The van der Waals surface area contributed by atoms with E-state index in [2.05, 4.69) is 0 Å². The summed E-state index contributed by atoms with van der Waals surface area (Å²) in [7, 11) is 0. The van der Waals surface area contributed by atoms with Gasteiger partial charge in [0.25, 0.3) is 11.8 Å². The lowest BCUT2D eigenvalue weighted by molar-refractivity contribution is -0.137. The van der Waals surface area contributed by atoms with E-state index in [4.69, 9.17) is 0 Å². The second kappa shape index (κ2) is 8.11. The lowest BCUT2D eigenvalue weighted by Crippen LogP contribution is -2.31. The van der Waals surface area contributed by atoms with Gasteiger partial charge in [0.2, 0.25) is 0 Å². The Hall–Kier alpha value is -2.37. The van der Waals surface area contributed by atoms with Crippen molar-refractivity contribution in [2.24, 2.45) is 0 Å². The maximum atomic E-state index is 13.2. The highest BCUT2D eigenvalue weighted by Crippen LogP contribution is 2.38. The van der Waals surface area contributed by atoms with E-state index >= 15 is 0 Å². The van der Waals surface area contributed by atoms with E-state index in [-0.39, 0.29) is 25.0 Å². The number of amides is 2. The molecule has 140 valence electrons. The first-order chi connectivity index (χ1) is 12.9. The number of hydrogen-bond donors (Lipinski definition) is 1. The van der Waals surface area contributed by atoms with Gasteiger partial charge in [-0.2, -0.15) is 0 Å². The van der Waals surface area contributed by atoms with Gasteiger partial charge < -0.3 is 5.11 Å². The van der Waals surface area contributed by atoms with Crippen LogP contribution in [-0.4, -0.2) is 34.2 Å². The molecule has 0 saturated heterocycles. The molecule has 0 radical (unpaired) electrons. The first-order valence-electron chi connectivity index (χ1n) is 8.89. The van der Waals surface area contributed by atoms with Crippen molar-refractivity contribution in [3.8, 4) is 0 Å². The Morgan fingerprint density at radius 1 is 0.926 bits per heavy atom. The third kappa shape index (κ3) is 3.99. The summed E-state index contributed by atoms with van der Waals surface area (Å²) in [6.07, 6.45) is 0. The zero-order valence-electron chi connectivity index (χ0n) is 15.8. The number of nitrogens with zero attached hydrogens (tertiary/aromatic N) is 1. The fraction of sp³-hybridized carbons (Fsp3) is 0.273. The largest absolute Gasteiger partial charge is 0.396 e. The molecule has 1 heterocycles. The van der Waals surface area contributed by atoms with Crippen LogP contribution in [0.4, 0.5) is 0 Å². The maximum absolute atomic E-state index is 13.2. The van der Waals surface area contributed by atoms with E-state index in [0.717, 1.165) is 27.8 Å². The Balaban J connectivity index is 1.99. The van der Waals surface area contributed by atoms with Crippen molar-refractivity contribution in [2.45, 2.75) is 27.3 Å². The molecular weight excluding hydrogens is 358 g/mol. The molecule has 0 saturated carbocycles.